The van der Waals surface area contributed by atoms with Crippen molar-refractivity contribution in [2.24, 2.45) is 0 Å². The van der Waals surface area contributed by atoms with E-state index in [1.54, 1.807) is 6.07 Å². The van der Waals surface area contributed by atoms with Crippen molar-refractivity contribution in [1.82, 2.24) is 0 Å². The van der Waals surface area contributed by atoms with Gasteiger partial charge in [0.1, 0.15) is 48.1 Å². The lowest BCUT2D eigenvalue weighted by molar-refractivity contribution is -0.278. The van der Waals surface area contributed by atoms with E-state index in [4.69, 9.17) is 28.5 Å². The molecular formula is C24H30O14. The quantitative estimate of drug-likeness (QED) is 0.191. The first-order valence-corrected chi connectivity index (χ1v) is 11.6. The van der Waals surface area contributed by atoms with Gasteiger partial charge in [-0.25, -0.2) is 0 Å². The SMILES string of the molecule is COc1c(CCC(=O)O)c(O[C@@H]2O[C@H](COC(=O)CC(C)(O)CC(=O)O)[C@@H](O)[C@H](O)[C@H]2O)cc2occc12. The van der Waals surface area contributed by atoms with Crippen molar-refractivity contribution < 1.29 is 68.4 Å². The number of methoxy groups -OCH3 is 1. The average Bonchev–Trinajstić information content (AvgIpc) is 3.28. The number of aliphatic carboxylic acids is 2. The molecule has 0 aliphatic carbocycles. The maximum absolute atomic E-state index is 12.1. The molecule has 1 aromatic carbocycles. The fourth-order valence-corrected chi connectivity index (χ4v) is 4.11. The van der Waals surface area contributed by atoms with E-state index < -0.39 is 73.7 Å². The molecule has 38 heavy (non-hydrogen) atoms. The molecule has 14 nitrogen and oxygen atoms in total. The molecule has 6 atom stereocenters. The van der Waals surface area contributed by atoms with Gasteiger partial charge in [-0.3, -0.25) is 14.4 Å². The molecular weight excluding hydrogens is 512 g/mol. The smallest absolute Gasteiger partial charge is 0.308 e. The maximum atomic E-state index is 12.1. The van der Waals surface area contributed by atoms with E-state index in [-0.39, 0.29) is 24.3 Å². The third-order valence-electron chi connectivity index (χ3n) is 5.94. The summed E-state index contributed by atoms with van der Waals surface area (Å²) >= 11 is 0. The van der Waals surface area contributed by atoms with Crippen LogP contribution in [0, 0.1) is 0 Å². The maximum Gasteiger partial charge on any atom is 0.308 e. The van der Waals surface area contributed by atoms with Crippen LogP contribution >= 0.6 is 0 Å². The highest BCUT2D eigenvalue weighted by Gasteiger charge is 2.46. The number of carboxylic acids is 2. The van der Waals surface area contributed by atoms with E-state index in [0.29, 0.717) is 16.5 Å². The van der Waals surface area contributed by atoms with Gasteiger partial charge >= 0.3 is 17.9 Å². The molecule has 1 unspecified atom stereocenters. The summed E-state index contributed by atoms with van der Waals surface area (Å²) in [6, 6.07) is 3.05. The van der Waals surface area contributed by atoms with Gasteiger partial charge in [0.15, 0.2) is 0 Å². The predicted octanol–water partition coefficient (Wildman–Crippen LogP) is -0.196. The van der Waals surface area contributed by atoms with Crippen molar-refractivity contribution in [3.8, 4) is 11.5 Å². The monoisotopic (exact) mass is 542 g/mol. The third-order valence-corrected chi connectivity index (χ3v) is 5.94. The molecule has 210 valence electrons. The number of aliphatic hydroxyl groups excluding tert-OH is 3. The Morgan fingerprint density at radius 2 is 1.76 bits per heavy atom. The highest BCUT2D eigenvalue weighted by atomic mass is 16.7. The Hall–Kier alpha value is -3.43. The predicted molar refractivity (Wildman–Crippen MR) is 124 cm³/mol. The fourth-order valence-electron chi connectivity index (χ4n) is 4.11. The minimum atomic E-state index is -1.88. The van der Waals surface area contributed by atoms with Gasteiger partial charge in [0.05, 0.1) is 37.2 Å². The van der Waals surface area contributed by atoms with Crippen LogP contribution in [0.1, 0.15) is 31.7 Å². The van der Waals surface area contributed by atoms with Gasteiger partial charge in [-0.1, -0.05) is 0 Å². The molecule has 1 fully saturated rings. The largest absolute Gasteiger partial charge is 0.496 e. The third kappa shape index (κ3) is 6.90. The number of esters is 1. The first kappa shape index (κ1) is 29.1. The second-order valence-corrected chi connectivity index (χ2v) is 9.17. The van der Waals surface area contributed by atoms with Crippen LogP contribution in [0.5, 0.6) is 11.5 Å². The van der Waals surface area contributed by atoms with Crippen molar-refractivity contribution in [3.05, 3.63) is 24.0 Å². The minimum absolute atomic E-state index is 0.0265. The summed E-state index contributed by atoms with van der Waals surface area (Å²) in [5.74, 6) is -3.09. The zero-order chi connectivity index (χ0) is 28.2. The molecule has 2 aromatic rings. The molecule has 0 bridgehead atoms. The number of hydrogen-bond acceptors (Lipinski definition) is 12. The van der Waals surface area contributed by atoms with Crippen LogP contribution in [0.25, 0.3) is 11.0 Å². The molecule has 0 radical (unpaired) electrons. The summed E-state index contributed by atoms with van der Waals surface area (Å²) in [4.78, 5) is 34.2. The van der Waals surface area contributed by atoms with Gasteiger partial charge in [-0.15, -0.1) is 0 Å². The second-order valence-electron chi connectivity index (χ2n) is 9.17. The summed E-state index contributed by atoms with van der Waals surface area (Å²) < 4.78 is 27.2. The van der Waals surface area contributed by atoms with E-state index in [9.17, 15) is 39.9 Å². The molecule has 1 aliphatic heterocycles. The van der Waals surface area contributed by atoms with Crippen LogP contribution in [0.15, 0.2) is 22.8 Å². The van der Waals surface area contributed by atoms with Gasteiger partial charge in [0.2, 0.25) is 6.29 Å². The molecule has 1 aromatic heterocycles. The number of benzene rings is 1. The number of carbonyl (C=O) groups excluding carboxylic acids is 1. The first-order chi connectivity index (χ1) is 17.8. The number of fused-ring (bicyclic) bond motifs is 1. The molecule has 6 N–H and O–H groups in total. The van der Waals surface area contributed by atoms with E-state index in [2.05, 4.69) is 0 Å². The summed E-state index contributed by atoms with van der Waals surface area (Å²) in [6.07, 6.45) is -8.54. The van der Waals surface area contributed by atoms with Gasteiger partial charge in [-0.05, 0) is 19.4 Å². The Morgan fingerprint density at radius 3 is 2.39 bits per heavy atom. The van der Waals surface area contributed by atoms with Crippen LogP contribution in [-0.2, 0) is 30.3 Å². The number of ether oxygens (including phenoxy) is 4. The van der Waals surface area contributed by atoms with Crippen molar-refractivity contribution >= 4 is 28.9 Å². The molecule has 0 amide bonds. The average molecular weight is 542 g/mol. The lowest BCUT2D eigenvalue weighted by Gasteiger charge is -2.40. The molecule has 0 saturated carbocycles. The Bertz CT molecular complexity index is 1150. The molecule has 3 rings (SSSR count). The number of rotatable bonds is 12. The van der Waals surface area contributed by atoms with Crippen LogP contribution < -0.4 is 9.47 Å². The molecule has 0 spiro atoms. The van der Waals surface area contributed by atoms with Crippen LogP contribution in [0.2, 0.25) is 0 Å². The minimum Gasteiger partial charge on any atom is -0.496 e. The zero-order valence-electron chi connectivity index (χ0n) is 20.6. The Balaban J connectivity index is 1.79. The van der Waals surface area contributed by atoms with Crippen LogP contribution in [-0.4, -0.2) is 98.6 Å². The fraction of sp³-hybridized carbons (Fsp3) is 0.542. The molecule has 1 saturated heterocycles. The Labute approximate surface area is 215 Å². The van der Waals surface area contributed by atoms with E-state index >= 15 is 0 Å². The van der Waals surface area contributed by atoms with E-state index in [1.165, 1.54) is 19.4 Å². The number of furan rings is 1. The number of carboxylic acid groups (broad SMARTS) is 2. The summed E-state index contributed by atoms with van der Waals surface area (Å²) in [5.41, 5.74) is -1.24. The van der Waals surface area contributed by atoms with Gasteiger partial charge in [-0.2, -0.15) is 0 Å². The van der Waals surface area contributed by atoms with Gasteiger partial charge in [0.25, 0.3) is 0 Å². The zero-order valence-corrected chi connectivity index (χ0v) is 20.6. The van der Waals surface area contributed by atoms with Gasteiger partial charge < -0.3 is 54.0 Å². The second kappa shape index (κ2) is 12.0. The lowest BCUT2D eigenvalue weighted by Crippen LogP contribution is -2.60. The molecule has 1 aliphatic rings. The number of aliphatic hydroxyl groups is 4. The van der Waals surface area contributed by atoms with Crippen LogP contribution in [0.3, 0.4) is 0 Å². The van der Waals surface area contributed by atoms with E-state index in [0.717, 1.165) is 6.92 Å². The van der Waals surface area contributed by atoms with Crippen molar-refractivity contribution in [2.45, 2.75) is 68.9 Å². The normalized spacial score (nSPS) is 24.9. The summed E-state index contributed by atoms with van der Waals surface area (Å²) in [6.45, 7) is 0.517. The highest BCUT2D eigenvalue weighted by molar-refractivity contribution is 5.88. The first-order valence-electron chi connectivity index (χ1n) is 11.6. The highest BCUT2D eigenvalue weighted by Crippen LogP contribution is 2.40. The van der Waals surface area contributed by atoms with Gasteiger partial charge in [0, 0.05) is 18.1 Å². The topological polar surface area (TPSA) is 223 Å². The molecule has 2 heterocycles. The van der Waals surface area contributed by atoms with Crippen LogP contribution in [0.4, 0.5) is 0 Å². The van der Waals surface area contributed by atoms with E-state index in [1.807, 2.05) is 0 Å². The number of hydrogen-bond donors (Lipinski definition) is 6. The van der Waals surface area contributed by atoms with Crippen molar-refractivity contribution in [3.63, 3.8) is 0 Å². The molecule has 14 heteroatoms. The Kier molecular flexibility index (Phi) is 9.17. The summed E-state index contributed by atoms with van der Waals surface area (Å²) in [5, 5.41) is 59.8. The summed E-state index contributed by atoms with van der Waals surface area (Å²) in [7, 11) is 1.38. The number of carbonyl (C=O) groups is 3. The van der Waals surface area contributed by atoms with Crippen molar-refractivity contribution in [1.29, 1.82) is 0 Å². The standard InChI is InChI=1S/C24H30O14/c1-24(33,8-17(27)28)9-18(29)36-10-15-19(30)20(31)21(32)23(38-15)37-14-7-13-12(5-6-35-13)22(34-2)11(14)3-4-16(25)26/h5-7,15,19-21,23,30-33H,3-4,8-10H2,1-2H3,(H,25,26)(H,27,28)/t15-,19-,20+,21-,23-,24?/m1/s1. The lowest BCUT2D eigenvalue weighted by atomic mass is 9.98. The van der Waals surface area contributed by atoms with Crippen molar-refractivity contribution in [2.75, 3.05) is 13.7 Å². The Morgan fingerprint density at radius 1 is 1.05 bits per heavy atom.